The molecule has 8 heteroatoms. The van der Waals surface area contributed by atoms with E-state index >= 15 is 0 Å². The quantitative estimate of drug-likeness (QED) is 0.703. The summed E-state index contributed by atoms with van der Waals surface area (Å²) in [6.45, 7) is 10.2. The van der Waals surface area contributed by atoms with Crippen LogP contribution in [0, 0.1) is 6.92 Å². The summed E-state index contributed by atoms with van der Waals surface area (Å²) in [5, 5.41) is 2.58. The molecule has 7 nitrogen and oxygen atoms in total. The lowest BCUT2D eigenvalue weighted by molar-refractivity contribution is -0.0895. The minimum atomic E-state index is -3.90. The molecule has 1 heterocycles. The Kier molecular flexibility index (Phi) is 6.45. The number of ether oxygens (including phenoxy) is 2. The van der Waals surface area contributed by atoms with Gasteiger partial charge in [-0.1, -0.05) is 42.0 Å². The SMILES string of the molecule is Cc1ccc(S(=O)(=O)NC(=O)NCCc2ccc(C3OC(C)(C)C(C)(C)O3)cc2)cc1. The van der Waals surface area contributed by atoms with Gasteiger partial charge in [0, 0.05) is 12.1 Å². The molecule has 3 rings (SSSR count). The number of amides is 2. The number of benzene rings is 2. The van der Waals surface area contributed by atoms with E-state index in [1.54, 1.807) is 12.1 Å². The Balaban J connectivity index is 1.50. The molecular weight excluding hydrogens is 416 g/mol. The van der Waals surface area contributed by atoms with Crippen LogP contribution in [0.25, 0.3) is 0 Å². The number of carbonyl (C=O) groups excluding carboxylic acids is 1. The molecule has 168 valence electrons. The van der Waals surface area contributed by atoms with Crippen molar-refractivity contribution in [2.24, 2.45) is 0 Å². The van der Waals surface area contributed by atoms with E-state index in [0.717, 1.165) is 16.7 Å². The highest BCUT2D eigenvalue weighted by atomic mass is 32.2. The van der Waals surface area contributed by atoms with Crippen molar-refractivity contribution in [1.82, 2.24) is 10.0 Å². The number of sulfonamides is 1. The Morgan fingerprint density at radius 2 is 1.48 bits per heavy atom. The summed E-state index contributed by atoms with van der Waals surface area (Å²) in [5.74, 6) is 0. The van der Waals surface area contributed by atoms with Gasteiger partial charge in [0.25, 0.3) is 10.0 Å². The smallest absolute Gasteiger partial charge is 0.328 e. The first kappa shape index (κ1) is 23.2. The lowest BCUT2D eigenvalue weighted by atomic mass is 9.90. The molecule has 0 aliphatic carbocycles. The minimum Gasteiger partial charge on any atom is -0.339 e. The highest BCUT2D eigenvalue weighted by Crippen LogP contribution is 2.44. The van der Waals surface area contributed by atoms with Gasteiger partial charge in [0.1, 0.15) is 0 Å². The molecule has 2 aromatic rings. The average Bonchev–Trinajstić information content (AvgIpc) is 2.89. The zero-order valence-corrected chi connectivity index (χ0v) is 19.4. The second-order valence-corrected chi connectivity index (χ2v) is 10.4. The van der Waals surface area contributed by atoms with Crippen LogP contribution in [-0.2, 0) is 25.9 Å². The molecule has 1 fully saturated rings. The van der Waals surface area contributed by atoms with Gasteiger partial charge in [-0.15, -0.1) is 0 Å². The number of urea groups is 1. The number of hydrogen-bond acceptors (Lipinski definition) is 5. The van der Waals surface area contributed by atoms with Crippen LogP contribution in [0.3, 0.4) is 0 Å². The number of rotatable bonds is 6. The molecule has 0 aromatic heterocycles. The summed E-state index contributed by atoms with van der Waals surface area (Å²) < 4.78 is 38.6. The van der Waals surface area contributed by atoms with Crippen molar-refractivity contribution in [3.63, 3.8) is 0 Å². The van der Waals surface area contributed by atoms with Crippen molar-refractivity contribution in [1.29, 1.82) is 0 Å². The number of aryl methyl sites for hydroxylation is 1. The fourth-order valence-corrected chi connectivity index (χ4v) is 4.00. The Labute approximate surface area is 184 Å². The molecule has 1 saturated heterocycles. The molecule has 0 unspecified atom stereocenters. The first-order valence-electron chi connectivity index (χ1n) is 10.2. The van der Waals surface area contributed by atoms with Crippen molar-refractivity contribution in [3.8, 4) is 0 Å². The third kappa shape index (κ3) is 5.44. The molecule has 0 atom stereocenters. The molecule has 0 radical (unpaired) electrons. The van der Waals surface area contributed by atoms with Crippen LogP contribution in [0.15, 0.2) is 53.4 Å². The standard InChI is InChI=1S/C23H30N2O5S/c1-16-6-12-19(13-7-16)31(27,28)25-21(26)24-15-14-17-8-10-18(11-9-17)20-29-22(2,3)23(4,5)30-20/h6-13,20H,14-15H2,1-5H3,(H2,24,25,26). The van der Waals surface area contributed by atoms with Gasteiger partial charge >= 0.3 is 6.03 Å². The van der Waals surface area contributed by atoms with Crippen molar-refractivity contribution in [2.45, 2.75) is 63.4 Å². The number of hydrogen-bond donors (Lipinski definition) is 2. The van der Waals surface area contributed by atoms with Crippen LogP contribution < -0.4 is 10.0 Å². The van der Waals surface area contributed by atoms with Crippen molar-refractivity contribution >= 4 is 16.1 Å². The van der Waals surface area contributed by atoms with Gasteiger partial charge < -0.3 is 14.8 Å². The van der Waals surface area contributed by atoms with E-state index in [4.69, 9.17) is 9.47 Å². The monoisotopic (exact) mass is 446 g/mol. The van der Waals surface area contributed by atoms with E-state index in [1.807, 2.05) is 63.6 Å². The normalized spacial score (nSPS) is 18.0. The summed E-state index contributed by atoms with van der Waals surface area (Å²) in [7, 11) is -3.90. The van der Waals surface area contributed by atoms with Crippen LogP contribution in [0.1, 0.15) is 50.7 Å². The highest BCUT2D eigenvalue weighted by molar-refractivity contribution is 7.90. The van der Waals surface area contributed by atoms with Gasteiger partial charge in [-0.3, -0.25) is 0 Å². The van der Waals surface area contributed by atoms with Gasteiger partial charge in [-0.2, -0.15) is 0 Å². The predicted molar refractivity (Wildman–Crippen MR) is 118 cm³/mol. The Bertz CT molecular complexity index is 1010. The van der Waals surface area contributed by atoms with Crippen LogP contribution >= 0.6 is 0 Å². The van der Waals surface area contributed by atoms with Crippen molar-refractivity contribution in [2.75, 3.05) is 6.54 Å². The van der Waals surface area contributed by atoms with Crippen LogP contribution in [0.5, 0.6) is 0 Å². The van der Waals surface area contributed by atoms with E-state index in [9.17, 15) is 13.2 Å². The zero-order valence-electron chi connectivity index (χ0n) is 18.6. The average molecular weight is 447 g/mol. The minimum absolute atomic E-state index is 0.0477. The second-order valence-electron chi connectivity index (χ2n) is 8.75. The summed E-state index contributed by atoms with van der Waals surface area (Å²) in [6, 6.07) is 13.3. The van der Waals surface area contributed by atoms with Crippen LogP contribution in [0.2, 0.25) is 0 Å². The van der Waals surface area contributed by atoms with E-state index in [1.165, 1.54) is 12.1 Å². The third-order valence-electron chi connectivity index (χ3n) is 5.76. The van der Waals surface area contributed by atoms with Gasteiger partial charge in [-0.25, -0.2) is 17.9 Å². The third-order valence-corrected chi connectivity index (χ3v) is 7.11. The number of carbonyl (C=O) groups is 1. The van der Waals surface area contributed by atoms with Crippen LogP contribution in [-0.4, -0.2) is 32.2 Å². The maximum Gasteiger partial charge on any atom is 0.328 e. The fourth-order valence-electron chi connectivity index (χ4n) is 3.08. The molecule has 31 heavy (non-hydrogen) atoms. The molecule has 0 spiro atoms. The zero-order chi connectivity index (χ0) is 22.9. The van der Waals surface area contributed by atoms with E-state index in [2.05, 4.69) is 5.32 Å². The first-order chi connectivity index (χ1) is 14.4. The van der Waals surface area contributed by atoms with E-state index < -0.39 is 33.5 Å². The summed E-state index contributed by atoms with van der Waals surface area (Å²) in [4.78, 5) is 12.1. The second kappa shape index (κ2) is 8.61. The highest BCUT2D eigenvalue weighted by Gasteiger charge is 2.49. The largest absolute Gasteiger partial charge is 0.339 e. The van der Waals surface area contributed by atoms with Crippen molar-refractivity contribution in [3.05, 3.63) is 65.2 Å². The first-order valence-corrected chi connectivity index (χ1v) is 11.7. The lowest BCUT2D eigenvalue weighted by Gasteiger charge is -2.30. The van der Waals surface area contributed by atoms with Gasteiger partial charge in [0.05, 0.1) is 16.1 Å². The molecule has 0 bridgehead atoms. The molecule has 1 aliphatic rings. The Morgan fingerprint density at radius 3 is 2.03 bits per heavy atom. The predicted octanol–water partition coefficient (Wildman–Crippen LogP) is 3.83. The Hall–Kier alpha value is -2.42. The van der Waals surface area contributed by atoms with Gasteiger partial charge in [0.15, 0.2) is 6.29 Å². The van der Waals surface area contributed by atoms with Gasteiger partial charge in [0.2, 0.25) is 0 Å². The molecule has 2 amide bonds. The molecule has 2 aromatic carbocycles. The molecule has 2 N–H and O–H groups in total. The Morgan fingerprint density at radius 1 is 0.935 bits per heavy atom. The summed E-state index contributed by atoms with van der Waals surface area (Å²) in [6.07, 6.45) is 0.136. The fraction of sp³-hybridized carbons (Fsp3) is 0.435. The van der Waals surface area contributed by atoms with E-state index in [0.29, 0.717) is 13.0 Å². The number of nitrogens with one attached hydrogen (secondary N) is 2. The maximum atomic E-state index is 12.2. The summed E-state index contributed by atoms with van der Waals surface area (Å²) in [5.41, 5.74) is 2.08. The maximum absolute atomic E-state index is 12.2. The van der Waals surface area contributed by atoms with E-state index in [-0.39, 0.29) is 4.90 Å². The van der Waals surface area contributed by atoms with Gasteiger partial charge in [-0.05, 0) is 58.7 Å². The van der Waals surface area contributed by atoms with Crippen molar-refractivity contribution < 1.29 is 22.7 Å². The lowest BCUT2D eigenvalue weighted by Crippen LogP contribution is -2.41. The molecule has 1 aliphatic heterocycles. The van der Waals surface area contributed by atoms with Crippen LogP contribution in [0.4, 0.5) is 4.79 Å². The topological polar surface area (TPSA) is 93.7 Å². The summed E-state index contributed by atoms with van der Waals surface area (Å²) >= 11 is 0. The molecular formula is C23H30N2O5S. The molecule has 0 saturated carbocycles.